The van der Waals surface area contributed by atoms with E-state index in [0.29, 0.717) is 11.3 Å². The summed E-state index contributed by atoms with van der Waals surface area (Å²) < 4.78 is 0. The lowest BCUT2D eigenvalue weighted by molar-refractivity contribution is -0.109. The van der Waals surface area contributed by atoms with E-state index < -0.39 is 12.2 Å². The molecule has 7 heteroatoms. The summed E-state index contributed by atoms with van der Waals surface area (Å²) >= 11 is 6.54. The molecule has 0 bridgehead atoms. The van der Waals surface area contributed by atoms with Crippen LogP contribution in [0.5, 0.6) is 0 Å². The highest BCUT2D eigenvalue weighted by atomic mass is 35.5. The first-order chi connectivity index (χ1) is 7.91. The van der Waals surface area contributed by atoms with Crippen LogP contribution in [0.25, 0.3) is 0 Å². The topological polar surface area (TPSA) is 83.3 Å². The lowest BCUT2D eigenvalue weighted by Gasteiger charge is -2.18. The number of nitrogens with zero attached hydrogens (tertiary/aromatic N) is 2. The number of hydrogen-bond donors (Lipinski definition) is 2. The number of aryl methyl sites for hydroxylation is 1. The van der Waals surface area contributed by atoms with Crippen LogP contribution >= 0.6 is 23.4 Å². The maximum atomic E-state index is 10.7. The van der Waals surface area contributed by atoms with E-state index >= 15 is 0 Å². The highest BCUT2D eigenvalue weighted by Gasteiger charge is 2.21. The van der Waals surface area contributed by atoms with Gasteiger partial charge in [0.15, 0.2) is 5.12 Å². The minimum absolute atomic E-state index is 0.0889. The van der Waals surface area contributed by atoms with Gasteiger partial charge in [0.1, 0.15) is 6.10 Å². The molecule has 2 N–H and O–H groups in total. The molecule has 94 valence electrons. The summed E-state index contributed by atoms with van der Waals surface area (Å²) in [7, 11) is 0. The van der Waals surface area contributed by atoms with Gasteiger partial charge in [0, 0.05) is 30.1 Å². The number of hydrogen-bond acceptors (Lipinski definition) is 6. The van der Waals surface area contributed by atoms with Crippen molar-refractivity contribution in [3.05, 3.63) is 22.7 Å². The summed E-state index contributed by atoms with van der Waals surface area (Å²) in [6.07, 6.45) is -0.803. The van der Waals surface area contributed by atoms with Gasteiger partial charge < -0.3 is 10.2 Å². The van der Waals surface area contributed by atoms with Gasteiger partial charge >= 0.3 is 0 Å². The Bertz CT molecular complexity index is 417. The molecule has 0 spiro atoms. The van der Waals surface area contributed by atoms with Crippen molar-refractivity contribution in [3.63, 3.8) is 0 Å². The van der Waals surface area contributed by atoms with E-state index in [1.165, 1.54) is 13.1 Å². The number of rotatable bonds is 4. The second kappa shape index (κ2) is 6.30. The Morgan fingerprint density at radius 3 is 2.76 bits per heavy atom. The van der Waals surface area contributed by atoms with Crippen molar-refractivity contribution in [3.8, 4) is 0 Å². The molecule has 1 aromatic heterocycles. The van der Waals surface area contributed by atoms with E-state index in [0.717, 1.165) is 11.8 Å². The molecular weight excluding hydrogens is 264 g/mol. The van der Waals surface area contributed by atoms with Crippen LogP contribution in [0.3, 0.4) is 0 Å². The van der Waals surface area contributed by atoms with Gasteiger partial charge in [-0.25, -0.2) is 9.97 Å². The molecule has 0 aliphatic heterocycles. The van der Waals surface area contributed by atoms with Gasteiger partial charge in [-0.2, -0.15) is 0 Å². The van der Waals surface area contributed by atoms with Gasteiger partial charge in [-0.1, -0.05) is 11.8 Å². The quantitative estimate of drug-likeness (QED) is 0.802. The fourth-order valence-corrected chi connectivity index (χ4v) is 2.00. The molecule has 17 heavy (non-hydrogen) atoms. The SMILES string of the molecule is CC(=O)SCC(O)C(O)c1cnc(Cl)nc1C. The molecule has 5 nitrogen and oxygen atoms in total. The number of aliphatic hydroxyl groups is 2. The predicted molar refractivity (Wildman–Crippen MR) is 65.9 cm³/mol. The summed E-state index contributed by atoms with van der Waals surface area (Å²) in [5.74, 6) is 0.124. The zero-order valence-electron chi connectivity index (χ0n) is 9.42. The summed E-state index contributed by atoms with van der Waals surface area (Å²) in [5.41, 5.74) is 0.912. The molecule has 0 aromatic carbocycles. The monoisotopic (exact) mass is 276 g/mol. The molecule has 2 atom stereocenters. The second-order valence-electron chi connectivity index (χ2n) is 3.49. The first kappa shape index (κ1) is 14.4. The highest BCUT2D eigenvalue weighted by molar-refractivity contribution is 8.13. The zero-order chi connectivity index (χ0) is 13.0. The van der Waals surface area contributed by atoms with Crippen LogP contribution in [0, 0.1) is 6.92 Å². The highest BCUT2D eigenvalue weighted by Crippen LogP contribution is 2.22. The van der Waals surface area contributed by atoms with Gasteiger partial charge in [-0.15, -0.1) is 0 Å². The van der Waals surface area contributed by atoms with Crippen molar-refractivity contribution < 1.29 is 15.0 Å². The first-order valence-corrected chi connectivity index (χ1v) is 6.26. The fourth-order valence-electron chi connectivity index (χ4n) is 1.24. The summed E-state index contributed by atoms with van der Waals surface area (Å²) in [6.45, 7) is 3.07. The van der Waals surface area contributed by atoms with E-state index in [1.807, 2.05) is 0 Å². The number of thioether (sulfide) groups is 1. The van der Waals surface area contributed by atoms with Gasteiger partial charge in [-0.3, -0.25) is 4.79 Å². The maximum absolute atomic E-state index is 10.7. The van der Waals surface area contributed by atoms with Crippen LogP contribution in [0.2, 0.25) is 5.28 Å². The van der Waals surface area contributed by atoms with Crippen LogP contribution in [0.15, 0.2) is 6.20 Å². The van der Waals surface area contributed by atoms with E-state index in [-0.39, 0.29) is 16.2 Å². The van der Waals surface area contributed by atoms with Crippen molar-refractivity contribution in [2.24, 2.45) is 0 Å². The average molecular weight is 277 g/mol. The molecule has 0 fully saturated rings. The molecule has 1 heterocycles. The number of aliphatic hydroxyl groups excluding tert-OH is 2. The molecule has 0 aliphatic rings. The molecule has 2 unspecified atom stereocenters. The standard InChI is InChI=1S/C10H13ClN2O3S/c1-5-7(3-12-10(11)13-5)9(16)8(15)4-17-6(2)14/h3,8-9,15-16H,4H2,1-2H3. The van der Waals surface area contributed by atoms with E-state index in [4.69, 9.17) is 11.6 Å². The van der Waals surface area contributed by atoms with Gasteiger partial charge in [0.05, 0.1) is 6.10 Å². The van der Waals surface area contributed by atoms with Crippen LogP contribution in [0.4, 0.5) is 0 Å². The minimum Gasteiger partial charge on any atom is -0.389 e. The molecule has 0 saturated carbocycles. The van der Waals surface area contributed by atoms with Gasteiger partial charge in [0.2, 0.25) is 5.28 Å². The molecular formula is C10H13ClN2O3S. The van der Waals surface area contributed by atoms with Crippen molar-refractivity contribution in [1.29, 1.82) is 0 Å². The lowest BCUT2D eigenvalue weighted by Crippen LogP contribution is -2.22. The first-order valence-electron chi connectivity index (χ1n) is 4.90. The van der Waals surface area contributed by atoms with E-state index in [1.54, 1.807) is 6.92 Å². The number of halogens is 1. The minimum atomic E-state index is -1.13. The third kappa shape index (κ3) is 4.23. The molecule has 0 saturated heterocycles. The predicted octanol–water partition coefficient (Wildman–Crippen LogP) is 1.11. The number of aromatic nitrogens is 2. The van der Waals surface area contributed by atoms with Crippen LogP contribution in [0.1, 0.15) is 24.3 Å². The second-order valence-corrected chi connectivity index (χ2v) is 5.03. The fraction of sp³-hybridized carbons (Fsp3) is 0.500. The number of carbonyl (C=O) groups excluding carboxylic acids is 1. The molecule has 1 aromatic rings. The molecule has 0 radical (unpaired) electrons. The molecule has 0 aliphatic carbocycles. The maximum Gasteiger partial charge on any atom is 0.222 e. The third-order valence-electron chi connectivity index (χ3n) is 2.13. The Morgan fingerprint density at radius 2 is 2.24 bits per heavy atom. The normalized spacial score (nSPS) is 14.4. The Hall–Kier alpha value is -0.690. The Balaban J connectivity index is 2.74. The lowest BCUT2D eigenvalue weighted by atomic mass is 10.1. The van der Waals surface area contributed by atoms with Crippen LogP contribution in [-0.4, -0.2) is 37.2 Å². The largest absolute Gasteiger partial charge is 0.389 e. The number of carbonyl (C=O) groups is 1. The Morgan fingerprint density at radius 1 is 1.59 bits per heavy atom. The zero-order valence-corrected chi connectivity index (χ0v) is 11.0. The Kier molecular flexibility index (Phi) is 5.32. The summed E-state index contributed by atoms with van der Waals surface area (Å²) in [5, 5.41) is 19.6. The van der Waals surface area contributed by atoms with Gasteiger partial charge in [0.25, 0.3) is 0 Å². The van der Waals surface area contributed by atoms with Crippen molar-refractivity contribution >= 4 is 28.5 Å². The van der Waals surface area contributed by atoms with Crippen molar-refractivity contribution in [2.75, 3.05) is 5.75 Å². The van der Waals surface area contributed by atoms with E-state index in [2.05, 4.69) is 9.97 Å². The molecule has 0 amide bonds. The summed E-state index contributed by atoms with van der Waals surface area (Å²) in [6, 6.07) is 0. The van der Waals surface area contributed by atoms with Crippen molar-refractivity contribution in [2.45, 2.75) is 26.1 Å². The van der Waals surface area contributed by atoms with Crippen LogP contribution < -0.4 is 0 Å². The van der Waals surface area contributed by atoms with Crippen LogP contribution in [-0.2, 0) is 4.79 Å². The third-order valence-corrected chi connectivity index (χ3v) is 3.23. The smallest absolute Gasteiger partial charge is 0.222 e. The van der Waals surface area contributed by atoms with E-state index in [9.17, 15) is 15.0 Å². The Labute approximate surface area is 108 Å². The van der Waals surface area contributed by atoms with Crippen molar-refractivity contribution in [1.82, 2.24) is 9.97 Å². The molecule has 1 rings (SSSR count). The van der Waals surface area contributed by atoms with Gasteiger partial charge in [-0.05, 0) is 18.5 Å². The summed E-state index contributed by atoms with van der Waals surface area (Å²) in [4.78, 5) is 18.4. The average Bonchev–Trinajstić information content (AvgIpc) is 2.25.